The summed E-state index contributed by atoms with van der Waals surface area (Å²) in [6, 6.07) is 12.3. The van der Waals surface area contributed by atoms with Gasteiger partial charge in [0.25, 0.3) is 0 Å². The van der Waals surface area contributed by atoms with E-state index in [9.17, 15) is 12.8 Å². The minimum absolute atomic E-state index is 0.0875. The Hall–Kier alpha value is -1.76. The Labute approximate surface area is 123 Å². The van der Waals surface area contributed by atoms with Crippen LogP contribution in [-0.2, 0) is 27.9 Å². The number of hydrogen-bond acceptors (Lipinski definition) is 3. The monoisotopic (exact) mass is 309 g/mol. The number of benzene rings is 2. The highest BCUT2D eigenvalue weighted by Crippen LogP contribution is 2.12. The van der Waals surface area contributed by atoms with Crippen LogP contribution in [0.3, 0.4) is 0 Å². The number of sulfonamides is 1. The smallest absolute Gasteiger partial charge is 0.240 e. The molecule has 0 heterocycles. The minimum Gasteiger partial charge on any atom is -0.380 e. The summed E-state index contributed by atoms with van der Waals surface area (Å²) in [5.74, 6) is -0.583. The van der Waals surface area contributed by atoms with Gasteiger partial charge in [-0.1, -0.05) is 30.3 Å². The molecule has 0 bridgehead atoms. The molecule has 2 rings (SSSR count). The Morgan fingerprint density at radius 1 is 1.10 bits per heavy atom. The molecule has 2 aromatic rings. The SMILES string of the molecule is COCc1cccc(CNS(=O)(=O)c2cccc(F)c2)c1. The lowest BCUT2D eigenvalue weighted by molar-refractivity contribution is 0.185. The molecule has 0 radical (unpaired) electrons. The lowest BCUT2D eigenvalue weighted by Gasteiger charge is -2.08. The molecule has 0 aliphatic heterocycles. The summed E-state index contributed by atoms with van der Waals surface area (Å²) in [6.07, 6.45) is 0. The molecule has 4 nitrogen and oxygen atoms in total. The molecule has 0 unspecified atom stereocenters. The summed E-state index contributed by atoms with van der Waals surface area (Å²) in [5, 5.41) is 0. The van der Waals surface area contributed by atoms with Gasteiger partial charge in [0.2, 0.25) is 10.0 Å². The van der Waals surface area contributed by atoms with E-state index < -0.39 is 15.8 Å². The normalized spacial score (nSPS) is 11.5. The van der Waals surface area contributed by atoms with Gasteiger partial charge in [-0.3, -0.25) is 0 Å². The van der Waals surface area contributed by atoms with Crippen LogP contribution in [0, 0.1) is 5.82 Å². The van der Waals surface area contributed by atoms with E-state index in [1.54, 1.807) is 7.11 Å². The third-order valence-corrected chi connectivity index (χ3v) is 4.27. The Morgan fingerprint density at radius 2 is 1.81 bits per heavy atom. The Balaban J connectivity index is 2.10. The number of ether oxygens (including phenoxy) is 1. The van der Waals surface area contributed by atoms with Crippen LogP contribution in [0.15, 0.2) is 53.4 Å². The lowest BCUT2D eigenvalue weighted by Crippen LogP contribution is -2.23. The molecular weight excluding hydrogens is 293 g/mol. The zero-order valence-corrected chi connectivity index (χ0v) is 12.4. The number of halogens is 1. The zero-order valence-electron chi connectivity index (χ0n) is 11.5. The lowest BCUT2D eigenvalue weighted by atomic mass is 10.1. The van der Waals surface area contributed by atoms with Gasteiger partial charge in [-0.2, -0.15) is 0 Å². The van der Waals surface area contributed by atoms with Crippen molar-refractivity contribution in [1.29, 1.82) is 0 Å². The molecule has 0 aliphatic carbocycles. The van der Waals surface area contributed by atoms with E-state index in [-0.39, 0.29) is 11.4 Å². The van der Waals surface area contributed by atoms with Crippen LogP contribution >= 0.6 is 0 Å². The standard InChI is InChI=1S/C15H16FNO3S/c1-20-11-13-5-2-4-12(8-13)10-17-21(18,19)15-7-3-6-14(16)9-15/h2-9,17H,10-11H2,1H3. The first-order valence-corrected chi connectivity index (χ1v) is 7.81. The topological polar surface area (TPSA) is 55.4 Å². The second-order valence-corrected chi connectivity index (χ2v) is 6.30. The predicted octanol–water partition coefficient (Wildman–Crippen LogP) is 2.45. The first-order chi connectivity index (χ1) is 10.0. The van der Waals surface area contributed by atoms with E-state index in [1.165, 1.54) is 18.2 Å². The van der Waals surface area contributed by atoms with Crippen LogP contribution in [-0.4, -0.2) is 15.5 Å². The maximum atomic E-state index is 13.1. The number of hydrogen-bond donors (Lipinski definition) is 1. The van der Waals surface area contributed by atoms with Gasteiger partial charge in [-0.05, 0) is 29.3 Å². The van der Waals surface area contributed by atoms with Crippen LogP contribution in [0.25, 0.3) is 0 Å². The summed E-state index contributed by atoms with van der Waals surface area (Å²) in [4.78, 5) is -0.0875. The fourth-order valence-electron chi connectivity index (χ4n) is 1.89. The van der Waals surface area contributed by atoms with Crippen molar-refractivity contribution in [2.24, 2.45) is 0 Å². The molecule has 0 aliphatic rings. The van der Waals surface area contributed by atoms with E-state index in [1.807, 2.05) is 24.3 Å². The maximum Gasteiger partial charge on any atom is 0.240 e. The van der Waals surface area contributed by atoms with Crippen molar-refractivity contribution >= 4 is 10.0 Å². The van der Waals surface area contributed by atoms with Gasteiger partial charge in [0.05, 0.1) is 11.5 Å². The molecule has 21 heavy (non-hydrogen) atoms. The van der Waals surface area contributed by atoms with Crippen molar-refractivity contribution in [1.82, 2.24) is 4.72 Å². The van der Waals surface area contributed by atoms with Crippen LogP contribution in [0.5, 0.6) is 0 Å². The Bertz CT molecular complexity index is 716. The van der Waals surface area contributed by atoms with Crippen LogP contribution in [0.4, 0.5) is 4.39 Å². The van der Waals surface area contributed by atoms with Crippen molar-refractivity contribution < 1.29 is 17.5 Å². The van der Waals surface area contributed by atoms with Gasteiger partial charge in [0.1, 0.15) is 5.82 Å². The van der Waals surface area contributed by atoms with Gasteiger partial charge >= 0.3 is 0 Å². The number of rotatable bonds is 6. The van der Waals surface area contributed by atoms with Crippen LogP contribution in [0.2, 0.25) is 0 Å². The highest BCUT2D eigenvalue weighted by Gasteiger charge is 2.14. The van der Waals surface area contributed by atoms with Crippen molar-refractivity contribution in [3.8, 4) is 0 Å². The zero-order chi connectivity index (χ0) is 15.3. The molecule has 0 saturated heterocycles. The fraction of sp³-hybridized carbons (Fsp3) is 0.200. The van der Waals surface area contributed by atoms with Gasteiger partial charge in [0, 0.05) is 13.7 Å². The molecule has 0 atom stereocenters. The van der Waals surface area contributed by atoms with Crippen LogP contribution in [0.1, 0.15) is 11.1 Å². The second-order valence-electron chi connectivity index (χ2n) is 4.53. The second kappa shape index (κ2) is 6.80. The van der Waals surface area contributed by atoms with Crippen molar-refractivity contribution in [2.75, 3.05) is 7.11 Å². The van der Waals surface area contributed by atoms with Crippen molar-refractivity contribution in [3.63, 3.8) is 0 Å². The number of methoxy groups -OCH3 is 1. The molecule has 0 fully saturated rings. The highest BCUT2D eigenvalue weighted by atomic mass is 32.2. The average molecular weight is 309 g/mol. The van der Waals surface area contributed by atoms with Gasteiger partial charge in [-0.25, -0.2) is 17.5 Å². The van der Waals surface area contributed by atoms with E-state index in [0.29, 0.717) is 6.61 Å². The van der Waals surface area contributed by atoms with E-state index in [0.717, 1.165) is 17.2 Å². The van der Waals surface area contributed by atoms with E-state index in [4.69, 9.17) is 4.74 Å². The summed E-state index contributed by atoms with van der Waals surface area (Å²) in [5.41, 5.74) is 1.77. The van der Waals surface area contributed by atoms with Gasteiger partial charge in [0.15, 0.2) is 0 Å². The third kappa shape index (κ3) is 4.35. The third-order valence-electron chi connectivity index (χ3n) is 2.88. The largest absolute Gasteiger partial charge is 0.380 e. The first-order valence-electron chi connectivity index (χ1n) is 6.33. The highest BCUT2D eigenvalue weighted by molar-refractivity contribution is 7.89. The Kier molecular flexibility index (Phi) is 5.06. The summed E-state index contributed by atoms with van der Waals surface area (Å²) >= 11 is 0. The molecular formula is C15H16FNO3S. The Morgan fingerprint density at radius 3 is 2.52 bits per heavy atom. The van der Waals surface area contributed by atoms with E-state index >= 15 is 0 Å². The molecule has 1 N–H and O–H groups in total. The molecule has 0 aromatic heterocycles. The molecule has 6 heteroatoms. The average Bonchev–Trinajstić information content (AvgIpc) is 2.46. The van der Waals surface area contributed by atoms with Gasteiger partial charge in [-0.15, -0.1) is 0 Å². The molecule has 0 spiro atoms. The fourth-order valence-corrected chi connectivity index (χ4v) is 2.94. The molecule has 0 amide bonds. The number of nitrogens with one attached hydrogen (secondary N) is 1. The maximum absolute atomic E-state index is 13.1. The van der Waals surface area contributed by atoms with Crippen molar-refractivity contribution in [2.45, 2.75) is 18.0 Å². The van der Waals surface area contributed by atoms with Crippen LogP contribution < -0.4 is 4.72 Å². The summed E-state index contributed by atoms with van der Waals surface area (Å²) < 4.78 is 44.7. The minimum atomic E-state index is -3.73. The predicted molar refractivity (Wildman–Crippen MR) is 77.6 cm³/mol. The molecule has 0 saturated carbocycles. The van der Waals surface area contributed by atoms with E-state index in [2.05, 4.69) is 4.72 Å². The molecule has 2 aromatic carbocycles. The quantitative estimate of drug-likeness (QED) is 0.892. The van der Waals surface area contributed by atoms with Crippen molar-refractivity contribution in [3.05, 3.63) is 65.5 Å². The van der Waals surface area contributed by atoms with Gasteiger partial charge < -0.3 is 4.74 Å². The summed E-state index contributed by atoms with van der Waals surface area (Å²) in [6.45, 7) is 0.598. The first kappa shape index (κ1) is 15.6. The summed E-state index contributed by atoms with van der Waals surface area (Å²) in [7, 11) is -2.13. The molecule has 112 valence electrons.